The zero-order valence-corrected chi connectivity index (χ0v) is 13.9. The van der Waals surface area contributed by atoms with Crippen LogP contribution in [0.25, 0.3) is 0 Å². The van der Waals surface area contributed by atoms with E-state index >= 15 is 0 Å². The van der Waals surface area contributed by atoms with Crippen LogP contribution in [0.1, 0.15) is 22.7 Å². The summed E-state index contributed by atoms with van der Waals surface area (Å²) >= 11 is 0. The molecule has 0 aromatic heterocycles. The number of benzene rings is 2. The molecule has 0 N–H and O–H groups in total. The van der Waals surface area contributed by atoms with Gasteiger partial charge in [0.15, 0.2) is 0 Å². The highest BCUT2D eigenvalue weighted by Crippen LogP contribution is 2.41. The number of halogens is 1. The van der Waals surface area contributed by atoms with Crippen LogP contribution in [0.4, 0.5) is 4.39 Å². The number of fused-ring (bicyclic) bond motifs is 3. The van der Waals surface area contributed by atoms with E-state index in [-0.39, 0.29) is 36.9 Å². The Kier molecular flexibility index (Phi) is 3.90. The van der Waals surface area contributed by atoms with Gasteiger partial charge in [0.25, 0.3) is 0 Å². The first-order valence-corrected chi connectivity index (χ1v) is 9.59. The maximum absolute atomic E-state index is 13.1. The van der Waals surface area contributed by atoms with Gasteiger partial charge in [0.1, 0.15) is 5.82 Å². The molecule has 1 saturated heterocycles. The summed E-state index contributed by atoms with van der Waals surface area (Å²) in [5.41, 5.74) is 2.91. The van der Waals surface area contributed by atoms with E-state index in [9.17, 15) is 12.8 Å². The second-order valence-electron chi connectivity index (χ2n) is 6.24. The first kappa shape index (κ1) is 15.7. The Hall–Kier alpha value is -1.76. The van der Waals surface area contributed by atoms with E-state index in [1.54, 1.807) is 12.1 Å². The number of nitrogens with zero attached hydrogens (tertiary/aromatic N) is 1. The lowest BCUT2D eigenvalue weighted by Crippen LogP contribution is -2.37. The molecule has 0 unspecified atom stereocenters. The number of rotatable bonds is 2. The molecule has 0 saturated carbocycles. The molecule has 24 heavy (non-hydrogen) atoms. The summed E-state index contributed by atoms with van der Waals surface area (Å²) in [5.74, 6) is -0.353. The smallest absolute Gasteiger partial charge is 0.217 e. The molecule has 6 heteroatoms. The summed E-state index contributed by atoms with van der Waals surface area (Å²) in [4.78, 5) is 0. The molecule has 4 rings (SSSR count). The van der Waals surface area contributed by atoms with Gasteiger partial charge in [-0.1, -0.05) is 36.4 Å². The minimum absolute atomic E-state index is 0.0244. The van der Waals surface area contributed by atoms with Gasteiger partial charge in [-0.3, -0.25) is 0 Å². The molecule has 1 fully saturated rings. The van der Waals surface area contributed by atoms with Crippen molar-refractivity contribution < 1.29 is 17.5 Å². The quantitative estimate of drug-likeness (QED) is 0.839. The Bertz CT molecular complexity index is 851. The highest BCUT2D eigenvalue weighted by Gasteiger charge is 2.44. The minimum atomic E-state index is -3.45. The van der Waals surface area contributed by atoms with Crippen molar-refractivity contribution in [2.24, 2.45) is 0 Å². The largest absolute Gasteiger partial charge is 0.375 e. The van der Waals surface area contributed by atoms with Gasteiger partial charge in [-0.05, 0) is 28.8 Å². The second kappa shape index (κ2) is 5.95. The van der Waals surface area contributed by atoms with Crippen molar-refractivity contribution in [1.82, 2.24) is 4.31 Å². The Morgan fingerprint density at radius 3 is 2.67 bits per heavy atom. The fourth-order valence-electron chi connectivity index (χ4n) is 3.59. The average Bonchev–Trinajstić information content (AvgIpc) is 2.86. The molecule has 0 radical (unpaired) electrons. The van der Waals surface area contributed by atoms with Gasteiger partial charge in [0, 0.05) is 13.0 Å². The van der Waals surface area contributed by atoms with Crippen LogP contribution < -0.4 is 0 Å². The highest BCUT2D eigenvalue weighted by atomic mass is 32.2. The summed E-state index contributed by atoms with van der Waals surface area (Å²) in [6.07, 6.45) is 0.552. The lowest BCUT2D eigenvalue weighted by atomic mass is 10.1. The van der Waals surface area contributed by atoms with Crippen molar-refractivity contribution in [2.45, 2.75) is 25.1 Å². The SMILES string of the molecule is O=S1(=O)CCO[C@H]2Cc3ccccc3[C@H]2N1Cc1ccc(F)cc1. The molecule has 2 aromatic rings. The lowest BCUT2D eigenvalue weighted by molar-refractivity contribution is 0.0321. The normalized spacial score (nSPS) is 25.7. The van der Waals surface area contributed by atoms with Crippen LogP contribution in [0.2, 0.25) is 0 Å². The van der Waals surface area contributed by atoms with Crippen LogP contribution in [0, 0.1) is 5.82 Å². The molecule has 0 bridgehead atoms. The average molecular weight is 347 g/mol. The summed E-state index contributed by atoms with van der Waals surface area (Å²) in [6, 6.07) is 13.5. The van der Waals surface area contributed by atoms with E-state index in [2.05, 4.69) is 0 Å². The standard InChI is InChI=1S/C18H18FNO3S/c19-15-7-5-13(6-8-15)12-20-18-16-4-2-1-3-14(16)11-17(18)23-9-10-24(20,21)22/h1-8,17-18H,9-12H2/t17-,18+/m0/s1. The van der Waals surface area contributed by atoms with Crippen molar-refractivity contribution in [3.63, 3.8) is 0 Å². The Balaban J connectivity index is 1.76. The van der Waals surface area contributed by atoms with Crippen molar-refractivity contribution in [1.29, 1.82) is 0 Å². The Morgan fingerprint density at radius 2 is 1.88 bits per heavy atom. The zero-order chi connectivity index (χ0) is 16.7. The van der Waals surface area contributed by atoms with Gasteiger partial charge in [0.05, 0.1) is 24.5 Å². The van der Waals surface area contributed by atoms with Gasteiger partial charge in [-0.15, -0.1) is 0 Å². The van der Waals surface area contributed by atoms with Gasteiger partial charge < -0.3 is 4.74 Å². The van der Waals surface area contributed by atoms with E-state index in [4.69, 9.17) is 4.74 Å². The Labute approximate surface area is 140 Å². The predicted molar refractivity (Wildman–Crippen MR) is 88.4 cm³/mol. The zero-order valence-electron chi connectivity index (χ0n) is 13.1. The molecule has 126 valence electrons. The molecule has 2 atom stereocenters. The molecular weight excluding hydrogens is 329 g/mol. The summed E-state index contributed by atoms with van der Waals surface area (Å²) in [6.45, 7) is 0.429. The van der Waals surface area contributed by atoms with Gasteiger partial charge in [0.2, 0.25) is 10.0 Å². The Morgan fingerprint density at radius 1 is 1.12 bits per heavy atom. The van der Waals surface area contributed by atoms with Crippen LogP contribution in [-0.4, -0.2) is 31.2 Å². The van der Waals surface area contributed by atoms with Crippen LogP contribution >= 0.6 is 0 Å². The third-order valence-corrected chi connectivity index (χ3v) is 6.49. The molecule has 0 amide bonds. The summed E-state index contributed by atoms with van der Waals surface area (Å²) in [5, 5.41) is 0. The lowest BCUT2D eigenvalue weighted by Gasteiger charge is -2.29. The maximum Gasteiger partial charge on any atom is 0.217 e. The number of hydrogen-bond donors (Lipinski definition) is 0. The molecule has 2 aliphatic rings. The van der Waals surface area contributed by atoms with E-state index in [0.29, 0.717) is 0 Å². The molecule has 2 aromatic carbocycles. The van der Waals surface area contributed by atoms with Crippen LogP contribution in [0.3, 0.4) is 0 Å². The van der Waals surface area contributed by atoms with Crippen molar-refractivity contribution in [3.05, 3.63) is 71.0 Å². The van der Waals surface area contributed by atoms with Crippen LogP contribution in [0.15, 0.2) is 48.5 Å². The van der Waals surface area contributed by atoms with Crippen molar-refractivity contribution >= 4 is 10.0 Å². The third kappa shape index (κ3) is 2.75. The monoisotopic (exact) mass is 347 g/mol. The topological polar surface area (TPSA) is 46.6 Å². The number of ether oxygens (including phenoxy) is 1. The summed E-state index contributed by atoms with van der Waals surface area (Å²) < 4.78 is 46.1. The molecule has 0 spiro atoms. The highest BCUT2D eigenvalue weighted by molar-refractivity contribution is 7.89. The van der Waals surface area contributed by atoms with E-state index in [1.807, 2.05) is 24.3 Å². The predicted octanol–water partition coefficient (Wildman–Crippen LogP) is 2.65. The van der Waals surface area contributed by atoms with Crippen molar-refractivity contribution in [3.8, 4) is 0 Å². The summed E-state index contributed by atoms with van der Waals surface area (Å²) in [7, 11) is -3.45. The molecule has 1 heterocycles. The van der Waals surface area contributed by atoms with Gasteiger partial charge in [-0.25, -0.2) is 12.8 Å². The van der Waals surface area contributed by atoms with Crippen molar-refractivity contribution in [2.75, 3.05) is 12.4 Å². The molecule has 4 nitrogen and oxygen atoms in total. The maximum atomic E-state index is 13.1. The second-order valence-corrected chi connectivity index (χ2v) is 8.29. The van der Waals surface area contributed by atoms with E-state index in [1.165, 1.54) is 16.4 Å². The fourth-order valence-corrected chi connectivity index (χ4v) is 5.07. The van der Waals surface area contributed by atoms with Gasteiger partial charge >= 0.3 is 0 Å². The molecular formula is C18H18FNO3S. The molecule has 1 aliphatic carbocycles. The first-order chi connectivity index (χ1) is 11.5. The fraction of sp³-hybridized carbons (Fsp3) is 0.333. The van der Waals surface area contributed by atoms with Gasteiger partial charge in [-0.2, -0.15) is 4.31 Å². The van der Waals surface area contributed by atoms with Crippen LogP contribution in [-0.2, 0) is 27.7 Å². The number of sulfonamides is 1. The number of hydrogen-bond acceptors (Lipinski definition) is 3. The van der Waals surface area contributed by atoms with E-state index in [0.717, 1.165) is 23.1 Å². The van der Waals surface area contributed by atoms with E-state index < -0.39 is 10.0 Å². The minimum Gasteiger partial charge on any atom is -0.375 e. The molecule has 1 aliphatic heterocycles. The first-order valence-electron chi connectivity index (χ1n) is 7.98. The third-order valence-electron chi connectivity index (χ3n) is 4.74. The van der Waals surface area contributed by atoms with Crippen LogP contribution in [0.5, 0.6) is 0 Å².